The Morgan fingerprint density at radius 1 is 0.903 bits per heavy atom. The van der Waals surface area contributed by atoms with Gasteiger partial charge in [-0.3, -0.25) is 20.7 Å². The van der Waals surface area contributed by atoms with E-state index in [2.05, 4.69) is 34.7 Å². The molecule has 0 amide bonds. The Hall–Kier alpha value is -0.730. The molecule has 0 radical (unpaired) electrons. The van der Waals surface area contributed by atoms with Crippen LogP contribution in [0.1, 0.15) is 72.1 Å². The van der Waals surface area contributed by atoms with Crippen molar-refractivity contribution >= 4 is 5.97 Å². The van der Waals surface area contributed by atoms with Crippen LogP contribution in [0.5, 0.6) is 0 Å². The van der Waals surface area contributed by atoms with Gasteiger partial charge in [0.1, 0.15) is 12.4 Å². The van der Waals surface area contributed by atoms with Crippen LogP contribution in [0.15, 0.2) is 0 Å². The molecule has 2 aliphatic carbocycles. The lowest BCUT2D eigenvalue weighted by atomic mass is 9.78. The van der Waals surface area contributed by atoms with Crippen molar-refractivity contribution in [2.45, 2.75) is 96.7 Å². The van der Waals surface area contributed by atoms with E-state index in [1.54, 1.807) is 0 Å². The van der Waals surface area contributed by atoms with Crippen LogP contribution >= 0.6 is 0 Å². The molecule has 0 atom stereocenters. The van der Waals surface area contributed by atoms with E-state index in [0.29, 0.717) is 18.1 Å². The van der Waals surface area contributed by atoms with Crippen molar-refractivity contribution in [1.29, 1.82) is 0 Å². The van der Waals surface area contributed by atoms with Gasteiger partial charge in [0.25, 0.3) is 0 Å². The van der Waals surface area contributed by atoms with Crippen LogP contribution in [0.25, 0.3) is 0 Å². The number of rotatable bonds is 10. The van der Waals surface area contributed by atoms with Crippen molar-refractivity contribution in [2.24, 2.45) is 11.8 Å². The van der Waals surface area contributed by atoms with Gasteiger partial charge in [0.15, 0.2) is 0 Å². The highest BCUT2D eigenvalue weighted by atomic mass is 16.5. The second-order valence-corrected chi connectivity index (χ2v) is 9.69. The number of hydrogen-bond acceptors (Lipinski definition) is 7. The molecular weight excluding hydrogens is 392 g/mol. The molecule has 3 fully saturated rings. The number of hydrogen-bond donors (Lipinski definition) is 3. The van der Waals surface area contributed by atoms with E-state index in [1.807, 2.05) is 0 Å². The summed E-state index contributed by atoms with van der Waals surface area (Å²) in [6.45, 7) is 12.2. The Morgan fingerprint density at radius 2 is 1.52 bits per heavy atom. The van der Waals surface area contributed by atoms with Gasteiger partial charge in [0, 0.05) is 32.6 Å². The van der Waals surface area contributed by atoms with Gasteiger partial charge in [0.05, 0.1) is 12.7 Å². The number of likely N-dealkylation sites (N-methyl/N-ethyl adjacent to an activating group) is 1. The normalized spacial score (nSPS) is 34.6. The maximum Gasteiger partial charge on any atom is 0.302 e. The van der Waals surface area contributed by atoms with Crippen molar-refractivity contribution in [3.63, 3.8) is 0 Å². The average Bonchev–Trinajstić information content (AvgIpc) is 2.79. The minimum Gasteiger partial charge on any atom is -0.463 e. The molecule has 3 aliphatic rings. The monoisotopic (exact) mass is 438 g/mol. The van der Waals surface area contributed by atoms with Crippen LogP contribution < -0.4 is 16.0 Å². The third-order valence-electron chi connectivity index (χ3n) is 7.62. The Balaban J connectivity index is 1.26. The van der Waals surface area contributed by atoms with Crippen LogP contribution in [0.3, 0.4) is 0 Å². The molecule has 0 aromatic carbocycles. The van der Waals surface area contributed by atoms with Crippen molar-refractivity contribution in [3.05, 3.63) is 0 Å². The molecule has 0 unspecified atom stereocenters. The summed E-state index contributed by atoms with van der Waals surface area (Å²) in [6.07, 6.45) is 9.89. The summed E-state index contributed by atoms with van der Waals surface area (Å²) in [5.41, 5.74) is 0. The third kappa shape index (κ3) is 8.28. The molecular formula is C24H46N4O3. The maximum absolute atomic E-state index is 11.1. The van der Waals surface area contributed by atoms with Gasteiger partial charge < -0.3 is 14.4 Å². The van der Waals surface area contributed by atoms with E-state index in [1.165, 1.54) is 32.6 Å². The quantitative estimate of drug-likeness (QED) is 0.453. The Labute approximate surface area is 189 Å². The van der Waals surface area contributed by atoms with E-state index in [-0.39, 0.29) is 18.4 Å². The topological polar surface area (TPSA) is 74.9 Å². The highest BCUT2D eigenvalue weighted by Crippen LogP contribution is 2.32. The third-order valence-corrected chi connectivity index (χ3v) is 7.62. The lowest BCUT2D eigenvalue weighted by Crippen LogP contribution is -2.63. The molecule has 7 heteroatoms. The fourth-order valence-electron chi connectivity index (χ4n) is 5.57. The first-order valence-corrected chi connectivity index (χ1v) is 12.8. The van der Waals surface area contributed by atoms with Crippen molar-refractivity contribution in [2.75, 3.05) is 39.3 Å². The Morgan fingerprint density at radius 3 is 2.10 bits per heavy atom. The zero-order valence-electron chi connectivity index (χ0n) is 20.0. The molecule has 0 bridgehead atoms. The fourth-order valence-corrected chi connectivity index (χ4v) is 5.57. The van der Waals surface area contributed by atoms with Gasteiger partial charge >= 0.3 is 5.97 Å². The van der Waals surface area contributed by atoms with E-state index in [9.17, 15) is 4.79 Å². The Kier molecular flexibility index (Phi) is 10.5. The van der Waals surface area contributed by atoms with Crippen LogP contribution in [0.2, 0.25) is 0 Å². The molecule has 180 valence electrons. The molecule has 1 aliphatic heterocycles. The smallest absolute Gasteiger partial charge is 0.302 e. The molecule has 7 nitrogen and oxygen atoms in total. The van der Waals surface area contributed by atoms with Crippen molar-refractivity contribution in [1.82, 2.24) is 20.9 Å². The standard InChI is InChI=1S/C24H46N4O3/c1-4-28(5-2)14-15-30-22-12-8-21(9-13-22)27-24-25-16-20(17-26-24)19-6-10-23(11-7-19)31-18(3)29/h19-27H,4-17H2,1-3H3. The predicted molar refractivity (Wildman–Crippen MR) is 124 cm³/mol. The van der Waals surface area contributed by atoms with Crippen LogP contribution in [-0.2, 0) is 14.3 Å². The number of carbonyl (C=O) groups is 1. The summed E-state index contributed by atoms with van der Waals surface area (Å²) in [4.78, 5) is 13.6. The molecule has 1 saturated heterocycles. The molecule has 0 aromatic rings. The van der Waals surface area contributed by atoms with Crippen LogP contribution in [0.4, 0.5) is 0 Å². The summed E-state index contributed by atoms with van der Waals surface area (Å²) in [7, 11) is 0. The summed E-state index contributed by atoms with van der Waals surface area (Å²) in [5, 5.41) is 11.1. The van der Waals surface area contributed by atoms with Crippen molar-refractivity contribution < 1.29 is 14.3 Å². The zero-order chi connectivity index (χ0) is 22.1. The zero-order valence-corrected chi connectivity index (χ0v) is 20.0. The van der Waals surface area contributed by atoms with Crippen molar-refractivity contribution in [3.8, 4) is 0 Å². The number of nitrogens with zero attached hydrogens (tertiary/aromatic N) is 1. The molecule has 3 N–H and O–H groups in total. The molecule has 1 heterocycles. The van der Waals surface area contributed by atoms with Crippen LogP contribution in [-0.4, -0.2) is 74.7 Å². The molecule has 3 rings (SSSR count). The first kappa shape index (κ1) is 24.9. The molecule has 31 heavy (non-hydrogen) atoms. The predicted octanol–water partition coefficient (Wildman–Crippen LogP) is 2.46. The first-order chi connectivity index (χ1) is 15.1. The largest absolute Gasteiger partial charge is 0.463 e. The SMILES string of the molecule is CCN(CC)CCOC1CCC(NC2NCC(C3CCC(OC(C)=O)CC3)CN2)CC1. The second-order valence-electron chi connectivity index (χ2n) is 9.69. The highest BCUT2D eigenvalue weighted by Gasteiger charge is 2.32. The van der Waals surface area contributed by atoms with E-state index in [4.69, 9.17) is 9.47 Å². The van der Waals surface area contributed by atoms with Gasteiger partial charge in [-0.2, -0.15) is 0 Å². The highest BCUT2D eigenvalue weighted by molar-refractivity contribution is 5.66. The molecule has 0 aromatic heterocycles. The van der Waals surface area contributed by atoms with E-state index in [0.717, 1.165) is 70.9 Å². The summed E-state index contributed by atoms with van der Waals surface area (Å²) in [5.74, 6) is 1.27. The summed E-state index contributed by atoms with van der Waals surface area (Å²) < 4.78 is 11.5. The van der Waals surface area contributed by atoms with Gasteiger partial charge in [-0.05, 0) is 76.3 Å². The number of esters is 1. The van der Waals surface area contributed by atoms with Gasteiger partial charge in [-0.1, -0.05) is 13.8 Å². The average molecular weight is 439 g/mol. The van der Waals surface area contributed by atoms with E-state index < -0.39 is 0 Å². The summed E-state index contributed by atoms with van der Waals surface area (Å²) in [6, 6.07) is 0.573. The first-order valence-electron chi connectivity index (χ1n) is 12.8. The van der Waals surface area contributed by atoms with Crippen LogP contribution in [0, 0.1) is 11.8 Å². The minimum absolute atomic E-state index is 0.140. The minimum atomic E-state index is -0.140. The molecule has 2 saturated carbocycles. The summed E-state index contributed by atoms with van der Waals surface area (Å²) >= 11 is 0. The van der Waals surface area contributed by atoms with Gasteiger partial charge in [0.2, 0.25) is 0 Å². The number of nitrogens with one attached hydrogen (secondary N) is 3. The molecule has 0 spiro atoms. The number of ether oxygens (including phenoxy) is 2. The lowest BCUT2D eigenvalue weighted by molar-refractivity contribution is -0.148. The van der Waals surface area contributed by atoms with E-state index >= 15 is 0 Å². The maximum atomic E-state index is 11.1. The fraction of sp³-hybridized carbons (Fsp3) is 0.958. The lowest BCUT2D eigenvalue weighted by Gasteiger charge is -2.40. The second kappa shape index (κ2) is 13.1. The van der Waals surface area contributed by atoms with Gasteiger partial charge in [-0.25, -0.2) is 0 Å². The Bertz CT molecular complexity index is 507. The number of carbonyl (C=O) groups excluding carboxylic acids is 1. The van der Waals surface area contributed by atoms with Gasteiger partial charge in [-0.15, -0.1) is 0 Å².